The molecule has 0 amide bonds. The van der Waals surface area contributed by atoms with E-state index in [9.17, 15) is 13.2 Å². The SMILES string of the molecule is O=c1[nH]c2ccc(S(=O)(=O)NCCc3nccs3)cc2o1. The topological polar surface area (TPSA) is 105 Å². The van der Waals surface area contributed by atoms with Gasteiger partial charge in [0.2, 0.25) is 10.0 Å². The normalized spacial score (nSPS) is 12.0. The van der Waals surface area contributed by atoms with Gasteiger partial charge in [-0.15, -0.1) is 11.3 Å². The van der Waals surface area contributed by atoms with Gasteiger partial charge in [-0.05, 0) is 12.1 Å². The van der Waals surface area contributed by atoms with Gasteiger partial charge in [0.15, 0.2) is 5.58 Å². The van der Waals surface area contributed by atoms with E-state index in [0.717, 1.165) is 5.01 Å². The Balaban J connectivity index is 1.77. The van der Waals surface area contributed by atoms with Crippen molar-refractivity contribution in [3.63, 3.8) is 0 Å². The Hall–Kier alpha value is -1.97. The van der Waals surface area contributed by atoms with Crippen LogP contribution in [-0.4, -0.2) is 24.9 Å². The number of oxazole rings is 1. The van der Waals surface area contributed by atoms with Gasteiger partial charge in [0.25, 0.3) is 0 Å². The van der Waals surface area contributed by atoms with Gasteiger partial charge in [-0.2, -0.15) is 0 Å². The summed E-state index contributed by atoms with van der Waals surface area (Å²) in [6.45, 7) is 0.255. The van der Waals surface area contributed by atoms with Gasteiger partial charge in [-0.1, -0.05) is 0 Å². The van der Waals surface area contributed by atoms with Gasteiger partial charge in [-0.25, -0.2) is 22.9 Å². The molecule has 0 fully saturated rings. The average Bonchev–Trinajstić information content (AvgIpc) is 3.05. The summed E-state index contributed by atoms with van der Waals surface area (Å²) in [7, 11) is -3.64. The van der Waals surface area contributed by atoms with Gasteiger partial charge in [-0.3, -0.25) is 4.98 Å². The van der Waals surface area contributed by atoms with E-state index in [1.54, 1.807) is 6.20 Å². The van der Waals surface area contributed by atoms with Crippen molar-refractivity contribution in [3.8, 4) is 0 Å². The van der Waals surface area contributed by atoms with Crippen LogP contribution in [0.15, 0.2) is 43.9 Å². The fraction of sp³-hybridized carbons (Fsp3) is 0.167. The van der Waals surface area contributed by atoms with E-state index in [4.69, 9.17) is 4.42 Å². The third-order valence-electron chi connectivity index (χ3n) is 2.82. The van der Waals surface area contributed by atoms with E-state index in [0.29, 0.717) is 11.9 Å². The van der Waals surface area contributed by atoms with Crippen molar-refractivity contribution in [2.24, 2.45) is 0 Å². The molecule has 1 aromatic carbocycles. The Morgan fingerprint density at radius 1 is 1.38 bits per heavy atom. The van der Waals surface area contributed by atoms with Crippen molar-refractivity contribution in [2.75, 3.05) is 6.54 Å². The predicted octanol–water partition coefficient (Wildman–Crippen LogP) is 1.10. The van der Waals surface area contributed by atoms with E-state index in [1.807, 2.05) is 5.38 Å². The first kappa shape index (κ1) is 14.0. The lowest BCUT2D eigenvalue weighted by atomic mass is 10.3. The minimum Gasteiger partial charge on any atom is -0.408 e. The first-order valence-electron chi connectivity index (χ1n) is 6.05. The molecule has 0 bridgehead atoms. The molecule has 0 spiro atoms. The van der Waals surface area contributed by atoms with Crippen LogP contribution in [-0.2, 0) is 16.4 Å². The molecule has 9 heteroatoms. The van der Waals surface area contributed by atoms with Crippen molar-refractivity contribution >= 4 is 32.5 Å². The van der Waals surface area contributed by atoms with E-state index in [-0.39, 0.29) is 17.0 Å². The Morgan fingerprint density at radius 2 is 2.24 bits per heavy atom. The number of aromatic nitrogens is 2. The zero-order valence-electron chi connectivity index (χ0n) is 10.7. The number of benzene rings is 1. The summed E-state index contributed by atoms with van der Waals surface area (Å²) in [6, 6.07) is 4.23. The third kappa shape index (κ3) is 3.04. The lowest BCUT2D eigenvalue weighted by Crippen LogP contribution is -2.25. The number of rotatable bonds is 5. The van der Waals surface area contributed by atoms with Crippen LogP contribution in [0.3, 0.4) is 0 Å². The summed E-state index contributed by atoms with van der Waals surface area (Å²) in [5.74, 6) is -0.615. The van der Waals surface area contributed by atoms with Crippen LogP contribution in [0.1, 0.15) is 5.01 Å². The molecule has 110 valence electrons. The van der Waals surface area contributed by atoms with Gasteiger partial charge < -0.3 is 4.42 Å². The van der Waals surface area contributed by atoms with Crippen LogP contribution < -0.4 is 10.5 Å². The number of aromatic amines is 1. The Labute approximate surface area is 123 Å². The highest BCUT2D eigenvalue weighted by Crippen LogP contribution is 2.16. The number of thiazole rings is 1. The number of hydrogen-bond acceptors (Lipinski definition) is 6. The molecule has 0 aliphatic carbocycles. The molecular weight excluding hydrogens is 314 g/mol. The maximum atomic E-state index is 12.2. The maximum absolute atomic E-state index is 12.2. The van der Waals surface area contributed by atoms with Crippen LogP contribution in [0.2, 0.25) is 0 Å². The molecule has 0 atom stereocenters. The molecule has 3 aromatic rings. The fourth-order valence-electron chi connectivity index (χ4n) is 1.84. The Kier molecular flexibility index (Phi) is 3.62. The lowest BCUT2D eigenvalue weighted by molar-refractivity contribution is 0.553. The highest BCUT2D eigenvalue weighted by atomic mass is 32.2. The maximum Gasteiger partial charge on any atom is 0.417 e. The third-order valence-corrected chi connectivity index (χ3v) is 5.12. The van der Waals surface area contributed by atoms with Gasteiger partial charge in [0.1, 0.15) is 0 Å². The molecule has 0 unspecified atom stereocenters. The average molecular weight is 325 g/mol. The van der Waals surface area contributed by atoms with Gasteiger partial charge in [0.05, 0.1) is 15.4 Å². The largest absolute Gasteiger partial charge is 0.417 e. The molecule has 21 heavy (non-hydrogen) atoms. The summed E-state index contributed by atoms with van der Waals surface area (Å²) < 4.78 is 31.7. The van der Waals surface area contributed by atoms with E-state index in [1.165, 1.54) is 29.5 Å². The van der Waals surface area contributed by atoms with Crippen LogP contribution in [0.5, 0.6) is 0 Å². The fourth-order valence-corrected chi connectivity index (χ4v) is 3.51. The molecule has 0 aliphatic rings. The molecule has 0 saturated carbocycles. The van der Waals surface area contributed by atoms with E-state index in [2.05, 4.69) is 14.7 Å². The molecule has 0 aliphatic heterocycles. The summed E-state index contributed by atoms with van der Waals surface area (Å²) in [5.41, 5.74) is 0.671. The minimum absolute atomic E-state index is 0.0527. The Bertz CT molecular complexity index is 910. The Morgan fingerprint density at radius 3 is 3.00 bits per heavy atom. The standard InChI is InChI=1S/C12H11N3O4S2/c16-12-15-9-2-1-8(7-10(9)19-12)21(17,18)14-4-3-11-13-5-6-20-11/h1-2,5-7,14H,3-4H2,(H,15,16). The smallest absolute Gasteiger partial charge is 0.408 e. The van der Waals surface area contributed by atoms with E-state index < -0.39 is 15.8 Å². The number of hydrogen-bond donors (Lipinski definition) is 2. The second-order valence-corrected chi connectivity index (χ2v) is 6.99. The number of H-pyrrole nitrogens is 1. The van der Waals surface area contributed by atoms with E-state index >= 15 is 0 Å². The monoisotopic (exact) mass is 325 g/mol. The summed E-state index contributed by atoms with van der Waals surface area (Å²) in [5, 5.41) is 2.70. The van der Waals surface area contributed by atoms with Crippen molar-refractivity contribution < 1.29 is 12.8 Å². The van der Waals surface area contributed by atoms with Crippen molar-refractivity contribution in [2.45, 2.75) is 11.3 Å². The zero-order valence-corrected chi connectivity index (χ0v) is 12.3. The number of sulfonamides is 1. The highest BCUT2D eigenvalue weighted by Gasteiger charge is 2.15. The van der Waals surface area contributed by atoms with Gasteiger partial charge >= 0.3 is 5.76 Å². The van der Waals surface area contributed by atoms with Crippen LogP contribution in [0, 0.1) is 0 Å². The minimum atomic E-state index is -3.64. The van der Waals surface area contributed by atoms with Crippen LogP contribution in [0.25, 0.3) is 11.1 Å². The quantitative estimate of drug-likeness (QED) is 0.731. The van der Waals surface area contributed by atoms with Gasteiger partial charge in [0, 0.05) is 30.6 Å². The zero-order chi connectivity index (χ0) is 14.9. The molecular formula is C12H11N3O4S2. The van der Waals surface area contributed by atoms with Crippen LogP contribution >= 0.6 is 11.3 Å². The predicted molar refractivity (Wildman–Crippen MR) is 77.8 cm³/mol. The molecule has 3 rings (SSSR count). The number of nitrogens with zero attached hydrogens (tertiary/aromatic N) is 1. The highest BCUT2D eigenvalue weighted by molar-refractivity contribution is 7.89. The molecule has 2 aromatic heterocycles. The summed E-state index contributed by atoms with van der Waals surface area (Å²) >= 11 is 1.47. The van der Waals surface area contributed by atoms with Crippen molar-refractivity contribution in [1.29, 1.82) is 0 Å². The van der Waals surface area contributed by atoms with Crippen molar-refractivity contribution in [3.05, 3.63) is 45.3 Å². The first-order chi connectivity index (χ1) is 10.0. The summed E-state index contributed by atoms with van der Waals surface area (Å²) in [6.07, 6.45) is 2.20. The summed E-state index contributed by atoms with van der Waals surface area (Å²) in [4.78, 5) is 17.6. The second kappa shape index (κ2) is 5.43. The molecule has 0 radical (unpaired) electrons. The second-order valence-electron chi connectivity index (χ2n) is 4.25. The molecule has 2 N–H and O–H groups in total. The molecule has 2 heterocycles. The lowest BCUT2D eigenvalue weighted by Gasteiger charge is -2.05. The number of nitrogens with one attached hydrogen (secondary N) is 2. The molecule has 0 saturated heterocycles. The number of fused-ring (bicyclic) bond motifs is 1. The first-order valence-corrected chi connectivity index (χ1v) is 8.42. The van der Waals surface area contributed by atoms with Crippen LogP contribution in [0.4, 0.5) is 0 Å². The van der Waals surface area contributed by atoms with Crippen molar-refractivity contribution in [1.82, 2.24) is 14.7 Å². The molecule has 7 nitrogen and oxygen atoms in total.